The number of phenolic OH excluding ortho intramolecular Hbond substituents is 2. The van der Waals surface area contributed by atoms with E-state index >= 15 is 0 Å². The molecule has 1 rings (SSSR count). The fourth-order valence-corrected chi connectivity index (χ4v) is 2.46. The number of aromatic hydroxyl groups is 2. The fraction of sp³-hybridized carbons (Fsp3) is 0.500. The second-order valence-electron chi connectivity index (χ2n) is 5.11. The number of rotatable bonds is 7. The first-order chi connectivity index (χ1) is 8.99. The number of allylic oxidation sites excluding steroid dienone is 1. The lowest BCUT2D eigenvalue weighted by molar-refractivity contribution is 0.335. The average molecular weight is 263 g/mol. The summed E-state index contributed by atoms with van der Waals surface area (Å²) in [5, 5.41) is 22.7. The molecule has 3 nitrogen and oxygen atoms in total. The number of nitrogens with one attached hydrogen (secondary N) is 1. The van der Waals surface area contributed by atoms with Crippen LogP contribution in [-0.2, 0) is 0 Å². The van der Waals surface area contributed by atoms with E-state index in [0.717, 1.165) is 18.4 Å². The van der Waals surface area contributed by atoms with Gasteiger partial charge in [-0.1, -0.05) is 25.5 Å². The molecular formula is C16H25NO2. The molecule has 1 aromatic rings. The quantitative estimate of drug-likeness (QED) is 0.657. The lowest BCUT2D eigenvalue weighted by Gasteiger charge is -2.27. The van der Waals surface area contributed by atoms with Crippen molar-refractivity contribution < 1.29 is 10.2 Å². The van der Waals surface area contributed by atoms with E-state index in [1.54, 1.807) is 12.1 Å². The normalized spacial score (nSPS) is 15.7. The van der Waals surface area contributed by atoms with Crippen molar-refractivity contribution in [1.29, 1.82) is 0 Å². The summed E-state index contributed by atoms with van der Waals surface area (Å²) in [6, 6.07) is 5.10. The first-order valence-electron chi connectivity index (χ1n) is 6.88. The molecule has 3 unspecified atom stereocenters. The summed E-state index contributed by atoms with van der Waals surface area (Å²) in [7, 11) is 0. The molecule has 3 heteroatoms. The van der Waals surface area contributed by atoms with Gasteiger partial charge >= 0.3 is 0 Å². The molecule has 0 heterocycles. The van der Waals surface area contributed by atoms with Crippen molar-refractivity contribution in [2.75, 3.05) is 0 Å². The van der Waals surface area contributed by atoms with Gasteiger partial charge < -0.3 is 15.5 Å². The molecule has 0 saturated carbocycles. The molecule has 0 amide bonds. The van der Waals surface area contributed by atoms with Crippen LogP contribution in [0.4, 0.5) is 0 Å². The van der Waals surface area contributed by atoms with E-state index in [2.05, 4.69) is 25.7 Å². The van der Waals surface area contributed by atoms with Crippen LogP contribution in [0.3, 0.4) is 0 Å². The van der Waals surface area contributed by atoms with Crippen LogP contribution in [0.15, 0.2) is 30.9 Å². The molecule has 3 atom stereocenters. The second kappa shape index (κ2) is 7.19. The molecule has 3 N–H and O–H groups in total. The molecule has 0 spiro atoms. The zero-order valence-electron chi connectivity index (χ0n) is 12.1. The van der Waals surface area contributed by atoms with Gasteiger partial charge in [-0.15, -0.1) is 6.58 Å². The van der Waals surface area contributed by atoms with Crippen molar-refractivity contribution in [2.24, 2.45) is 5.92 Å². The number of hydrogen-bond acceptors (Lipinski definition) is 3. The summed E-state index contributed by atoms with van der Waals surface area (Å²) in [5.74, 6) is 0.753. The van der Waals surface area contributed by atoms with Gasteiger partial charge in [-0.25, -0.2) is 0 Å². The van der Waals surface area contributed by atoms with E-state index in [1.807, 2.05) is 13.0 Å². The van der Waals surface area contributed by atoms with Gasteiger partial charge in [0.2, 0.25) is 0 Å². The molecular weight excluding hydrogens is 238 g/mol. The average Bonchev–Trinajstić information content (AvgIpc) is 2.35. The molecule has 0 fully saturated rings. The number of hydrogen-bond donors (Lipinski definition) is 3. The van der Waals surface area contributed by atoms with Crippen molar-refractivity contribution in [3.05, 3.63) is 36.4 Å². The van der Waals surface area contributed by atoms with Crippen LogP contribution >= 0.6 is 0 Å². The summed E-state index contributed by atoms with van der Waals surface area (Å²) >= 11 is 0. The molecule has 19 heavy (non-hydrogen) atoms. The Morgan fingerprint density at radius 2 is 2.00 bits per heavy atom. The molecule has 0 radical (unpaired) electrons. The van der Waals surface area contributed by atoms with Crippen molar-refractivity contribution in [3.8, 4) is 11.5 Å². The van der Waals surface area contributed by atoms with Crippen LogP contribution in [0, 0.1) is 5.92 Å². The van der Waals surface area contributed by atoms with Gasteiger partial charge in [0.15, 0.2) is 0 Å². The first kappa shape index (κ1) is 15.6. The van der Waals surface area contributed by atoms with Gasteiger partial charge in [-0.2, -0.15) is 0 Å². The van der Waals surface area contributed by atoms with E-state index in [-0.39, 0.29) is 17.5 Å². The van der Waals surface area contributed by atoms with E-state index in [1.165, 1.54) is 6.07 Å². The third-order valence-electron chi connectivity index (χ3n) is 3.69. The van der Waals surface area contributed by atoms with Gasteiger partial charge in [-0.3, -0.25) is 0 Å². The Labute approximate surface area is 116 Å². The fourth-order valence-electron chi connectivity index (χ4n) is 2.46. The predicted octanol–water partition coefficient (Wildman–Crippen LogP) is 3.74. The molecule has 0 aliphatic rings. The maximum Gasteiger partial charge on any atom is 0.124 e. The van der Waals surface area contributed by atoms with Crippen molar-refractivity contribution in [2.45, 2.75) is 45.7 Å². The van der Waals surface area contributed by atoms with Crippen LogP contribution < -0.4 is 5.32 Å². The molecule has 0 aliphatic heterocycles. The van der Waals surface area contributed by atoms with Crippen molar-refractivity contribution in [1.82, 2.24) is 5.32 Å². The maximum absolute atomic E-state index is 9.86. The molecule has 0 aromatic heterocycles. The van der Waals surface area contributed by atoms with Gasteiger partial charge in [0.25, 0.3) is 0 Å². The Kier molecular flexibility index (Phi) is 5.90. The Morgan fingerprint density at radius 3 is 2.53 bits per heavy atom. The van der Waals surface area contributed by atoms with Crippen LogP contribution in [0.1, 0.15) is 45.2 Å². The minimum absolute atomic E-state index is 0.0365. The second-order valence-corrected chi connectivity index (χ2v) is 5.11. The molecule has 0 saturated heterocycles. The highest BCUT2D eigenvalue weighted by atomic mass is 16.3. The molecule has 1 aromatic carbocycles. The predicted molar refractivity (Wildman–Crippen MR) is 79.4 cm³/mol. The van der Waals surface area contributed by atoms with E-state index in [9.17, 15) is 10.2 Å². The molecule has 106 valence electrons. The third kappa shape index (κ3) is 4.28. The van der Waals surface area contributed by atoms with Gasteiger partial charge in [-0.05, 0) is 32.3 Å². The monoisotopic (exact) mass is 263 g/mol. The zero-order valence-corrected chi connectivity index (χ0v) is 12.1. The van der Waals surface area contributed by atoms with Gasteiger partial charge in [0.05, 0.1) is 0 Å². The van der Waals surface area contributed by atoms with Crippen LogP contribution in [0.2, 0.25) is 0 Å². The van der Waals surface area contributed by atoms with Gasteiger partial charge in [0.1, 0.15) is 11.5 Å². The first-order valence-corrected chi connectivity index (χ1v) is 6.88. The SMILES string of the molecule is C=CCC(CC)C(C)NC(C)c1ccc(O)cc1O. The minimum Gasteiger partial charge on any atom is -0.508 e. The highest BCUT2D eigenvalue weighted by Gasteiger charge is 2.18. The number of benzene rings is 1. The van der Waals surface area contributed by atoms with E-state index in [0.29, 0.717) is 12.0 Å². The van der Waals surface area contributed by atoms with E-state index in [4.69, 9.17) is 0 Å². The summed E-state index contributed by atoms with van der Waals surface area (Å²) in [6.07, 6.45) is 4.03. The smallest absolute Gasteiger partial charge is 0.124 e. The molecule has 0 bridgehead atoms. The Hall–Kier alpha value is -1.48. The summed E-state index contributed by atoms with van der Waals surface area (Å²) in [4.78, 5) is 0. The van der Waals surface area contributed by atoms with E-state index < -0.39 is 0 Å². The summed E-state index contributed by atoms with van der Waals surface area (Å²) in [5.41, 5.74) is 0.804. The van der Waals surface area contributed by atoms with Crippen molar-refractivity contribution in [3.63, 3.8) is 0 Å². The Bertz CT molecular complexity index is 417. The lowest BCUT2D eigenvalue weighted by atomic mass is 9.93. The van der Waals surface area contributed by atoms with Crippen LogP contribution in [-0.4, -0.2) is 16.3 Å². The van der Waals surface area contributed by atoms with Crippen LogP contribution in [0.5, 0.6) is 11.5 Å². The van der Waals surface area contributed by atoms with Crippen LogP contribution in [0.25, 0.3) is 0 Å². The highest BCUT2D eigenvalue weighted by Crippen LogP contribution is 2.28. The minimum atomic E-state index is 0.0365. The Balaban J connectivity index is 2.72. The molecule has 0 aliphatic carbocycles. The zero-order chi connectivity index (χ0) is 14.4. The topological polar surface area (TPSA) is 52.5 Å². The third-order valence-corrected chi connectivity index (χ3v) is 3.69. The Morgan fingerprint density at radius 1 is 1.32 bits per heavy atom. The number of phenols is 2. The van der Waals surface area contributed by atoms with Gasteiger partial charge in [0, 0.05) is 23.7 Å². The summed E-state index contributed by atoms with van der Waals surface area (Å²) < 4.78 is 0. The summed E-state index contributed by atoms with van der Waals surface area (Å²) in [6.45, 7) is 10.1. The lowest BCUT2D eigenvalue weighted by Crippen LogP contribution is -2.35. The van der Waals surface area contributed by atoms with Crippen molar-refractivity contribution >= 4 is 0 Å². The maximum atomic E-state index is 9.86. The largest absolute Gasteiger partial charge is 0.508 e. The highest BCUT2D eigenvalue weighted by molar-refractivity contribution is 5.40. The standard InChI is InChI=1S/C16H25NO2/c1-5-7-13(6-2)11(3)17-12(4)15-9-8-14(18)10-16(15)19/h5,8-13,17-19H,1,6-7H2,2-4H3.